The molecule has 19 heavy (non-hydrogen) atoms. The predicted octanol–water partition coefficient (Wildman–Crippen LogP) is 3.72. The van der Waals surface area contributed by atoms with Crippen molar-refractivity contribution < 1.29 is 0 Å². The van der Waals surface area contributed by atoms with Gasteiger partial charge in [0, 0.05) is 0 Å². The molecule has 0 aliphatic rings. The van der Waals surface area contributed by atoms with Crippen molar-refractivity contribution in [1.82, 2.24) is 0 Å². The molecule has 2 aromatic rings. The van der Waals surface area contributed by atoms with Crippen molar-refractivity contribution in [3.05, 3.63) is 70.8 Å². The molecular weight excluding hydrogens is 232 g/mol. The molecule has 2 nitrogen and oxygen atoms in total. The fourth-order valence-electron chi connectivity index (χ4n) is 2.12. The summed E-state index contributed by atoms with van der Waals surface area (Å²) in [4.78, 5) is 0. The average Bonchev–Trinajstić information content (AvgIpc) is 2.46. The molecule has 0 fully saturated rings. The summed E-state index contributed by atoms with van der Waals surface area (Å²) >= 11 is 0. The monoisotopic (exact) mass is 246 g/mol. The maximum Gasteiger partial charge on any atom is 0.0991 e. The minimum Gasteiger partial charge on any atom is -0.198 e. The molecule has 2 heteroatoms. The van der Waals surface area contributed by atoms with Crippen molar-refractivity contribution in [1.29, 1.82) is 10.5 Å². The van der Waals surface area contributed by atoms with Crippen LogP contribution in [0.15, 0.2) is 48.5 Å². The lowest BCUT2D eigenvalue weighted by molar-refractivity contribution is 0.842. The molecule has 0 spiro atoms. The van der Waals surface area contributed by atoms with Gasteiger partial charge in [-0.25, -0.2) is 0 Å². The molecule has 92 valence electrons. The van der Waals surface area contributed by atoms with Crippen LogP contribution in [-0.2, 0) is 6.42 Å². The Morgan fingerprint density at radius 3 is 2.53 bits per heavy atom. The Balaban J connectivity index is 2.29. The Hall–Kier alpha value is -2.58. The third-order valence-corrected chi connectivity index (χ3v) is 3.26. The Labute approximate surface area is 113 Å². The highest BCUT2D eigenvalue weighted by Crippen LogP contribution is 2.22. The lowest BCUT2D eigenvalue weighted by atomic mass is 9.90. The number of rotatable bonds is 3. The normalized spacial score (nSPS) is 11.3. The maximum atomic E-state index is 9.36. The summed E-state index contributed by atoms with van der Waals surface area (Å²) in [6, 6.07) is 19.8. The van der Waals surface area contributed by atoms with E-state index in [4.69, 9.17) is 5.26 Å². The van der Waals surface area contributed by atoms with Crippen LogP contribution in [-0.4, -0.2) is 0 Å². The number of benzene rings is 2. The van der Waals surface area contributed by atoms with Crippen molar-refractivity contribution in [2.75, 3.05) is 0 Å². The van der Waals surface area contributed by atoms with Crippen molar-refractivity contribution in [2.45, 2.75) is 19.3 Å². The summed E-state index contributed by atoms with van der Waals surface area (Å²) in [5.74, 6) is -0.214. The third kappa shape index (κ3) is 3.00. The van der Waals surface area contributed by atoms with E-state index in [1.165, 1.54) is 11.1 Å². The van der Waals surface area contributed by atoms with E-state index in [0.29, 0.717) is 12.0 Å². The van der Waals surface area contributed by atoms with Crippen LogP contribution >= 0.6 is 0 Å². The fraction of sp³-hybridized carbons (Fsp3) is 0.176. The average molecular weight is 246 g/mol. The lowest BCUT2D eigenvalue weighted by Gasteiger charge is -2.11. The zero-order chi connectivity index (χ0) is 13.7. The topological polar surface area (TPSA) is 47.6 Å². The number of aryl methyl sites for hydroxylation is 1. The van der Waals surface area contributed by atoms with Crippen LogP contribution in [0.1, 0.15) is 28.2 Å². The third-order valence-electron chi connectivity index (χ3n) is 3.26. The van der Waals surface area contributed by atoms with E-state index < -0.39 is 0 Å². The maximum absolute atomic E-state index is 9.36. The largest absolute Gasteiger partial charge is 0.198 e. The summed E-state index contributed by atoms with van der Waals surface area (Å²) in [7, 11) is 0. The van der Waals surface area contributed by atoms with E-state index in [9.17, 15) is 5.26 Å². The second kappa shape index (κ2) is 5.85. The first-order chi connectivity index (χ1) is 9.24. The van der Waals surface area contributed by atoms with Crippen molar-refractivity contribution >= 4 is 0 Å². The second-order valence-electron chi connectivity index (χ2n) is 4.55. The van der Waals surface area contributed by atoms with Gasteiger partial charge in [-0.1, -0.05) is 36.4 Å². The first-order valence-electron chi connectivity index (χ1n) is 6.19. The zero-order valence-electron chi connectivity index (χ0n) is 10.8. The van der Waals surface area contributed by atoms with Gasteiger partial charge in [0.25, 0.3) is 0 Å². The van der Waals surface area contributed by atoms with Gasteiger partial charge in [-0.3, -0.25) is 0 Å². The zero-order valence-corrected chi connectivity index (χ0v) is 10.8. The molecule has 2 aromatic carbocycles. The van der Waals surface area contributed by atoms with Crippen LogP contribution in [0.2, 0.25) is 0 Å². The van der Waals surface area contributed by atoms with Gasteiger partial charge in [0.2, 0.25) is 0 Å². The van der Waals surface area contributed by atoms with E-state index in [1.807, 2.05) is 30.3 Å². The molecule has 0 saturated carbocycles. The van der Waals surface area contributed by atoms with Gasteiger partial charge in [0.1, 0.15) is 0 Å². The van der Waals surface area contributed by atoms with Crippen LogP contribution in [0.3, 0.4) is 0 Å². The van der Waals surface area contributed by atoms with Gasteiger partial charge >= 0.3 is 0 Å². The highest BCUT2D eigenvalue weighted by atomic mass is 14.3. The van der Waals surface area contributed by atoms with Crippen LogP contribution in [0.4, 0.5) is 0 Å². The molecule has 0 heterocycles. The smallest absolute Gasteiger partial charge is 0.0991 e. The molecule has 0 bridgehead atoms. The molecule has 0 aliphatic carbocycles. The molecule has 0 N–H and O–H groups in total. The van der Waals surface area contributed by atoms with Gasteiger partial charge in [-0.2, -0.15) is 10.5 Å². The minimum atomic E-state index is -0.214. The molecule has 0 saturated heterocycles. The highest BCUT2D eigenvalue weighted by Gasteiger charge is 2.13. The fourth-order valence-corrected chi connectivity index (χ4v) is 2.12. The molecule has 2 rings (SSSR count). The standard InChI is InChI=1S/C17H14N2/c1-13-5-2-3-7-15(13)10-17(12-19)16-8-4-6-14(9-16)11-18/h2-9,17H,10H2,1H3. The molecule has 0 radical (unpaired) electrons. The molecule has 0 amide bonds. The SMILES string of the molecule is Cc1ccccc1CC(C#N)c1cccc(C#N)c1. The van der Waals surface area contributed by atoms with E-state index in [0.717, 1.165) is 5.56 Å². The van der Waals surface area contributed by atoms with E-state index in [1.54, 1.807) is 12.1 Å². The molecular formula is C17H14N2. The van der Waals surface area contributed by atoms with Gasteiger partial charge in [0.15, 0.2) is 0 Å². The van der Waals surface area contributed by atoms with Crippen LogP contribution in [0.25, 0.3) is 0 Å². The number of nitrogens with zero attached hydrogens (tertiary/aromatic N) is 2. The van der Waals surface area contributed by atoms with Crippen LogP contribution < -0.4 is 0 Å². The molecule has 0 aromatic heterocycles. The summed E-state index contributed by atoms with van der Waals surface area (Å²) in [5, 5.41) is 18.3. The molecule has 1 unspecified atom stereocenters. The van der Waals surface area contributed by atoms with Gasteiger partial charge in [-0.05, 0) is 42.2 Å². The predicted molar refractivity (Wildman–Crippen MR) is 74.4 cm³/mol. The first kappa shape index (κ1) is 12.9. The molecule has 0 aliphatic heterocycles. The van der Waals surface area contributed by atoms with E-state index in [-0.39, 0.29) is 5.92 Å². The second-order valence-corrected chi connectivity index (χ2v) is 4.55. The first-order valence-corrected chi connectivity index (χ1v) is 6.19. The van der Waals surface area contributed by atoms with E-state index in [2.05, 4.69) is 25.1 Å². The summed E-state index contributed by atoms with van der Waals surface area (Å²) < 4.78 is 0. The number of nitriles is 2. The van der Waals surface area contributed by atoms with E-state index >= 15 is 0 Å². The van der Waals surface area contributed by atoms with Crippen molar-refractivity contribution in [2.24, 2.45) is 0 Å². The van der Waals surface area contributed by atoms with Gasteiger partial charge in [0.05, 0.1) is 23.6 Å². The number of hydrogen-bond acceptors (Lipinski definition) is 2. The summed E-state index contributed by atoms with van der Waals surface area (Å²) in [5.41, 5.74) is 3.88. The van der Waals surface area contributed by atoms with Gasteiger partial charge < -0.3 is 0 Å². The Morgan fingerprint density at radius 2 is 1.84 bits per heavy atom. The van der Waals surface area contributed by atoms with Crippen LogP contribution in [0.5, 0.6) is 0 Å². The Kier molecular flexibility index (Phi) is 3.96. The minimum absolute atomic E-state index is 0.214. The number of hydrogen-bond donors (Lipinski definition) is 0. The highest BCUT2D eigenvalue weighted by molar-refractivity contribution is 5.38. The van der Waals surface area contributed by atoms with Crippen LogP contribution in [0, 0.1) is 29.6 Å². The van der Waals surface area contributed by atoms with Gasteiger partial charge in [-0.15, -0.1) is 0 Å². The quantitative estimate of drug-likeness (QED) is 0.828. The molecule has 1 atom stereocenters. The lowest BCUT2D eigenvalue weighted by Crippen LogP contribution is -2.02. The van der Waals surface area contributed by atoms with Crippen molar-refractivity contribution in [3.63, 3.8) is 0 Å². The summed E-state index contributed by atoms with van der Waals surface area (Å²) in [6.45, 7) is 2.05. The van der Waals surface area contributed by atoms with Crippen molar-refractivity contribution in [3.8, 4) is 12.1 Å². The summed E-state index contributed by atoms with van der Waals surface area (Å²) in [6.07, 6.45) is 0.679. The Bertz CT molecular complexity index is 659. The Morgan fingerprint density at radius 1 is 1.05 bits per heavy atom.